The molecule has 2 aromatic heterocycles. The largest absolute Gasteiger partial charge is 0.479 e. The topological polar surface area (TPSA) is 226 Å². The Morgan fingerprint density at radius 1 is 0.739 bits per heavy atom. The standard InChI is InChI=1S/C6H11N5O.C5H9N5O/c1-2-12-5-3(7)4(8)10-6(9)11-5;1-11-4-2(6)3(7)9-5(8)10-4/h2,7H2,1H3,(H4,8,9,10,11);6H2,1H3,(H4,7,8,9,10). The van der Waals surface area contributed by atoms with Crippen molar-refractivity contribution in [2.75, 3.05) is 48.1 Å². The summed E-state index contributed by atoms with van der Waals surface area (Å²) >= 11 is 0. The minimum absolute atomic E-state index is 0.0496. The molecule has 12 N–H and O–H groups in total. The lowest BCUT2D eigenvalue weighted by molar-refractivity contribution is 0.329. The summed E-state index contributed by atoms with van der Waals surface area (Å²) in [5, 5.41) is 0. The fourth-order valence-corrected chi connectivity index (χ4v) is 1.37. The van der Waals surface area contributed by atoms with Gasteiger partial charge in [0.2, 0.25) is 23.7 Å². The van der Waals surface area contributed by atoms with Crippen LogP contribution in [0.4, 0.5) is 34.9 Å². The van der Waals surface area contributed by atoms with Crippen LogP contribution < -0.4 is 43.9 Å². The van der Waals surface area contributed by atoms with Gasteiger partial charge in [0.15, 0.2) is 11.6 Å². The molecule has 23 heavy (non-hydrogen) atoms. The molecule has 12 heteroatoms. The van der Waals surface area contributed by atoms with Crippen LogP contribution in [0.5, 0.6) is 11.8 Å². The molecule has 0 spiro atoms. The summed E-state index contributed by atoms with van der Waals surface area (Å²) in [6.45, 7) is 2.27. The van der Waals surface area contributed by atoms with Crippen LogP contribution in [0.3, 0.4) is 0 Å². The van der Waals surface area contributed by atoms with Crippen LogP contribution in [0.2, 0.25) is 0 Å². The van der Waals surface area contributed by atoms with Gasteiger partial charge in [0.05, 0.1) is 13.7 Å². The number of nitrogens with zero attached hydrogens (tertiary/aromatic N) is 4. The Kier molecular flexibility index (Phi) is 5.77. The van der Waals surface area contributed by atoms with Gasteiger partial charge in [-0.1, -0.05) is 0 Å². The molecule has 0 unspecified atom stereocenters. The third-order valence-electron chi connectivity index (χ3n) is 2.39. The highest BCUT2D eigenvalue weighted by molar-refractivity contribution is 5.66. The number of nitrogen functional groups attached to an aromatic ring is 6. The van der Waals surface area contributed by atoms with Crippen molar-refractivity contribution in [1.82, 2.24) is 19.9 Å². The summed E-state index contributed by atoms with van der Waals surface area (Å²) in [5.74, 6) is 0.830. The summed E-state index contributed by atoms with van der Waals surface area (Å²) in [6.07, 6.45) is 0. The molecule has 0 aliphatic heterocycles. The van der Waals surface area contributed by atoms with E-state index in [9.17, 15) is 0 Å². The van der Waals surface area contributed by atoms with Gasteiger partial charge in [-0.25, -0.2) is 0 Å². The van der Waals surface area contributed by atoms with Gasteiger partial charge in [0, 0.05) is 0 Å². The van der Waals surface area contributed by atoms with Gasteiger partial charge in [-0.15, -0.1) is 0 Å². The normalized spacial score (nSPS) is 9.65. The predicted molar refractivity (Wildman–Crippen MR) is 88.3 cm³/mol. The van der Waals surface area contributed by atoms with Gasteiger partial charge in [0.1, 0.15) is 11.4 Å². The van der Waals surface area contributed by atoms with Crippen LogP contribution >= 0.6 is 0 Å². The van der Waals surface area contributed by atoms with E-state index in [2.05, 4.69) is 19.9 Å². The molecular weight excluding hydrogens is 304 g/mol. The molecular formula is C11H20N10O2. The van der Waals surface area contributed by atoms with Crippen molar-refractivity contribution >= 4 is 34.9 Å². The van der Waals surface area contributed by atoms with Crippen molar-refractivity contribution in [3.05, 3.63) is 0 Å². The van der Waals surface area contributed by atoms with E-state index in [-0.39, 0.29) is 46.7 Å². The average Bonchev–Trinajstić information content (AvgIpc) is 2.49. The van der Waals surface area contributed by atoms with Gasteiger partial charge in [-0.2, -0.15) is 19.9 Å². The van der Waals surface area contributed by atoms with Crippen molar-refractivity contribution in [2.24, 2.45) is 0 Å². The smallest absolute Gasteiger partial charge is 0.244 e. The molecule has 0 atom stereocenters. The first-order valence-corrected chi connectivity index (χ1v) is 6.33. The second kappa shape index (κ2) is 7.53. The third kappa shape index (κ3) is 4.52. The lowest BCUT2D eigenvalue weighted by atomic mass is 10.5. The number of ether oxygens (including phenoxy) is 2. The quantitative estimate of drug-likeness (QED) is 0.393. The minimum atomic E-state index is 0.0496. The Balaban J connectivity index is 0.000000231. The van der Waals surface area contributed by atoms with Gasteiger partial charge >= 0.3 is 0 Å². The van der Waals surface area contributed by atoms with Gasteiger partial charge in [-0.3, -0.25) is 0 Å². The lowest BCUT2D eigenvalue weighted by Crippen LogP contribution is -2.07. The van der Waals surface area contributed by atoms with E-state index >= 15 is 0 Å². The molecule has 0 saturated carbocycles. The molecule has 0 saturated heterocycles. The number of hydrogen-bond donors (Lipinski definition) is 6. The third-order valence-corrected chi connectivity index (χ3v) is 2.39. The fraction of sp³-hybridized carbons (Fsp3) is 0.273. The molecule has 2 aromatic rings. The molecule has 0 bridgehead atoms. The summed E-state index contributed by atoms with van der Waals surface area (Å²) in [6, 6.07) is 0. The summed E-state index contributed by atoms with van der Waals surface area (Å²) in [7, 11) is 1.43. The van der Waals surface area contributed by atoms with Gasteiger partial charge in [0.25, 0.3) is 0 Å². The number of aromatic nitrogens is 4. The molecule has 0 aromatic carbocycles. The molecule has 0 radical (unpaired) electrons. The number of nitrogens with two attached hydrogens (primary N) is 6. The van der Waals surface area contributed by atoms with Crippen molar-refractivity contribution in [3.8, 4) is 11.8 Å². The number of rotatable bonds is 3. The van der Waals surface area contributed by atoms with Gasteiger partial charge in [-0.05, 0) is 6.92 Å². The Morgan fingerprint density at radius 3 is 1.61 bits per heavy atom. The number of hydrogen-bond acceptors (Lipinski definition) is 12. The number of methoxy groups -OCH3 is 1. The molecule has 2 rings (SSSR count). The zero-order valence-electron chi connectivity index (χ0n) is 12.8. The first-order chi connectivity index (χ1) is 10.8. The second-order valence-corrected chi connectivity index (χ2v) is 4.01. The van der Waals surface area contributed by atoms with E-state index in [1.54, 1.807) is 0 Å². The first-order valence-electron chi connectivity index (χ1n) is 6.33. The highest BCUT2D eigenvalue weighted by Gasteiger charge is 2.08. The maximum atomic E-state index is 5.51. The van der Waals surface area contributed by atoms with Crippen LogP contribution in [0, 0.1) is 0 Å². The molecule has 12 nitrogen and oxygen atoms in total. The number of anilines is 6. The van der Waals surface area contributed by atoms with Crippen LogP contribution in [0.15, 0.2) is 0 Å². The summed E-state index contributed by atoms with van der Waals surface area (Å²) < 4.78 is 9.83. The Hall–Kier alpha value is -3.44. The molecule has 0 fully saturated rings. The van der Waals surface area contributed by atoms with Crippen molar-refractivity contribution in [3.63, 3.8) is 0 Å². The molecule has 0 amide bonds. The van der Waals surface area contributed by atoms with E-state index in [1.807, 2.05) is 6.92 Å². The zero-order chi connectivity index (χ0) is 17.6. The van der Waals surface area contributed by atoms with E-state index in [1.165, 1.54) is 7.11 Å². The SMILES string of the molecule is CCOc1nc(N)nc(N)c1N.COc1nc(N)nc(N)c1N. The maximum Gasteiger partial charge on any atom is 0.244 e. The first kappa shape index (κ1) is 17.6. The Bertz CT molecular complexity index is 678. The second-order valence-electron chi connectivity index (χ2n) is 4.01. The predicted octanol–water partition coefficient (Wildman–Crippen LogP) is -1.15. The monoisotopic (exact) mass is 324 g/mol. The highest BCUT2D eigenvalue weighted by Crippen LogP contribution is 2.24. The molecule has 126 valence electrons. The van der Waals surface area contributed by atoms with E-state index in [0.29, 0.717) is 6.61 Å². The maximum absolute atomic E-state index is 5.51. The minimum Gasteiger partial charge on any atom is -0.479 e. The van der Waals surface area contributed by atoms with Crippen molar-refractivity contribution in [1.29, 1.82) is 0 Å². The van der Waals surface area contributed by atoms with Gasteiger partial charge < -0.3 is 43.9 Å². The van der Waals surface area contributed by atoms with E-state index < -0.39 is 0 Å². The van der Waals surface area contributed by atoms with Crippen LogP contribution in [-0.4, -0.2) is 33.7 Å². The summed E-state index contributed by atoms with van der Waals surface area (Å²) in [4.78, 5) is 14.7. The molecule has 2 heterocycles. The van der Waals surface area contributed by atoms with Crippen LogP contribution in [0.25, 0.3) is 0 Å². The summed E-state index contributed by atoms with van der Waals surface area (Å²) in [5.41, 5.74) is 32.7. The van der Waals surface area contributed by atoms with E-state index in [0.717, 1.165) is 0 Å². The fourth-order valence-electron chi connectivity index (χ4n) is 1.37. The highest BCUT2D eigenvalue weighted by atomic mass is 16.5. The zero-order valence-corrected chi connectivity index (χ0v) is 12.8. The van der Waals surface area contributed by atoms with Crippen molar-refractivity contribution < 1.29 is 9.47 Å². The Labute approximate surface area is 132 Å². The Morgan fingerprint density at radius 2 is 1.17 bits per heavy atom. The van der Waals surface area contributed by atoms with Crippen LogP contribution in [-0.2, 0) is 0 Å². The van der Waals surface area contributed by atoms with Crippen LogP contribution in [0.1, 0.15) is 6.92 Å². The van der Waals surface area contributed by atoms with E-state index in [4.69, 9.17) is 43.9 Å². The molecule has 0 aliphatic rings. The van der Waals surface area contributed by atoms with Crippen molar-refractivity contribution in [2.45, 2.75) is 6.92 Å². The molecule has 0 aliphatic carbocycles. The average molecular weight is 324 g/mol. The lowest BCUT2D eigenvalue weighted by Gasteiger charge is -2.06.